The lowest BCUT2D eigenvalue weighted by atomic mass is 10.1. The Balaban J connectivity index is 1.88. The molecule has 2 heterocycles. The van der Waals surface area contributed by atoms with Crippen molar-refractivity contribution in [3.8, 4) is 11.4 Å². The van der Waals surface area contributed by atoms with Crippen LogP contribution in [0.5, 0.6) is 5.75 Å². The summed E-state index contributed by atoms with van der Waals surface area (Å²) in [6, 6.07) is 5.05. The van der Waals surface area contributed by atoms with Gasteiger partial charge in [-0.1, -0.05) is 17.7 Å². The summed E-state index contributed by atoms with van der Waals surface area (Å²) in [6.45, 7) is 1.94. The van der Waals surface area contributed by atoms with Gasteiger partial charge in [-0.05, 0) is 32.4 Å². The molecule has 0 saturated heterocycles. The zero-order valence-electron chi connectivity index (χ0n) is 19.2. The molecule has 0 fully saturated rings. The number of halogens is 6. The van der Waals surface area contributed by atoms with Crippen molar-refractivity contribution >= 4 is 17.3 Å². The molecule has 13 heteroatoms. The third kappa shape index (κ3) is 4.55. The predicted octanol–water partition coefficient (Wildman–Crippen LogP) is 4.37. The van der Waals surface area contributed by atoms with Crippen molar-refractivity contribution < 1.29 is 31.8 Å². The number of hydrogen-bond donors (Lipinski definition) is 1. The number of aliphatic hydroxyl groups is 1. The van der Waals surface area contributed by atoms with Crippen LogP contribution in [0, 0.1) is 11.6 Å². The first-order chi connectivity index (χ1) is 17.0. The molecule has 0 spiro atoms. The van der Waals surface area contributed by atoms with Gasteiger partial charge in [0.25, 0.3) is 0 Å². The van der Waals surface area contributed by atoms with Crippen molar-refractivity contribution in [3.05, 3.63) is 68.4 Å². The van der Waals surface area contributed by atoms with Gasteiger partial charge in [0.15, 0.2) is 17.7 Å². The third-order valence-electron chi connectivity index (χ3n) is 6.03. The average molecular weight is 533 g/mol. The SMILES string of the molecule is CCn1c(CO)nn(-c2cc(O[C@@H](C)C(F)(F)F)c3c(c2F)CCN3Cc2c(F)cccc2Cl)c1=O. The Bertz CT molecular complexity index is 1330. The largest absolute Gasteiger partial charge is 0.479 e. The number of ether oxygens (including phenoxy) is 1. The van der Waals surface area contributed by atoms with E-state index in [0.29, 0.717) is 4.68 Å². The van der Waals surface area contributed by atoms with Gasteiger partial charge < -0.3 is 14.7 Å². The molecule has 0 bridgehead atoms. The Morgan fingerprint density at radius 1 is 1.28 bits per heavy atom. The second kappa shape index (κ2) is 9.74. The van der Waals surface area contributed by atoms with Crippen LogP contribution in [-0.2, 0) is 26.1 Å². The van der Waals surface area contributed by atoms with Crippen LogP contribution in [0.3, 0.4) is 0 Å². The van der Waals surface area contributed by atoms with E-state index >= 15 is 4.39 Å². The van der Waals surface area contributed by atoms with Crippen molar-refractivity contribution in [2.45, 2.75) is 52.2 Å². The molecule has 0 radical (unpaired) electrons. The molecule has 1 N–H and O–H groups in total. The molecule has 7 nitrogen and oxygen atoms in total. The molecule has 0 aliphatic carbocycles. The minimum Gasteiger partial charge on any atom is -0.479 e. The van der Waals surface area contributed by atoms with Crippen LogP contribution in [0.4, 0.5) is 27.6 Å². The minimum atomic E-state index is -4.73. The molecule has 4 rings (SSSR count). The molecular weight excluding hydrogens is 511 g/mol. The zero-order valence-corrected chi connectivity index (χ0v) is 20.0. The van der Waals surface area contributed by atoms with Gasteiger partial charge in [0.2, 0.25) is 0 Å². The topological polar surface area (TPSA) is 72.5 Å². The fraction of sp³-hybridized carbons (Fsp3) is 0.391. The molecule has 0 amide bonds. The summed E-state index contributed by atoms with van der Waals surface area (Å²) >= 11 is 6.13. The number of alkyl halides is 3. The summed E-state index contributed by atoms with van der Waals surface area (Å²) in [6.07, 6.45) is -6.95. The fourth-order valence-electron chi connectivity index (χ4n) is 4.16. The molecule has 1 aliphatic rings. The molecule has 0 saturated carbocycles. The van der Waals surface area contributed by atoms with Crippen LogP contribution >= 0.6 is 11.6 Å². The lowest BCUT2D eigenvalue weighted by Gasteiger charge is -2.26. The van der Waals surface area contributed by atoms with Gasteiger partial charge >= 0.3 is 11.9 Å². The highest BCUT2D eigenvalue weighted by Gasteiger charge is 2.40. The van der Waals surface area contributed by atoms with Gasteiger partial charge in [-0.15, -0.1) is 5.10 Å². The van der Waals surface area contributed by atoms with E-state index in [4.69, 9.17) is 16.3 Å². The van der Waals surface area contributed by atoms with Crippen LogP contribution in [0.25, 0.3) is 5.69 Å². The van der Waals surface area contributed by atoms with Crippen molar-refractivity contribution in [2.75, 3.05) is 11.4 Å². The molecule has 3 aromatic rings. The van der Waals surface area contributed by atoms with Crippen LogP contribution in [-0.4, -0.2) is 38.3 Å². The van der Waals surface area contributed by atoms with Crippen LogP contribution in [0.2, 0.25) is 5.02 Å². The summed E-state index contributed by atoms with van der Waals surface area (Å²) in [4.78, 5) is 14.3. The Hall–Kier alpha value is -3.12. The molecular formula is C23H22ClF5N4O3. The molecule has 36 heavy (non-hydrogen) atoms. The summed E-state index contributed by atoms with van der Waals surface area (Å²) in [5.74, 6) is -1.89. The van der Waals surface area contributed by atoms with Crippen LogP contribution in [0.1, 0.15) is 30.8 Å². The van der Waals surface area contributed by atoms with E-state index in [1.807, 2.05) is 0 Å². The molecule has 1 atom stereocenters. The highest BCUT2D eigenvalue weighted by molar-refractivity contribution is 6.31. The number of aromatic nitrogens is 3. The maximum absolute atomic E-state index is 15.7. The minimum absolute atomic E-state index is 0.00664. The molecule has 1 aliphatic heterocycles. The second-order valence-corrected chi connectivity index (χ2v) is 8.63. The Labute approximate surface area is 207 Å². The normalized spacial score (nSPS) is 14.3. The van der Waals surface area contributed by atoms with E-state index in [1.165, 1.54) is 23.1 Å². The van der Waals surface area contributed by atoms with Gasteiger partial charge in [0.05, 0.1) is 5.69 Å². The second-order valence-electron chi connectivity index (χ2n) is 8.22. The molecule has 1 aromatic heterocycles. The van der Waals surface area contributed by atoms with Gasteiger partial charge in [0, 0.05) is 41.9 Å². The van der Waals surface area contributed by atoms with E-state index in [0.717, 1.165) is 17.6 Å². The highest BCUT2D eigenvalue weighted by Crippen LogP contribution is 2.44. The maximum Gasteiger partial charge on any atom is 0.425 e. The van der Waals surface area contributed by atoms with E-state index in [1.54, 1.807) is 6.92 Å². The number of nitrogens with zero attached hydrogens (tertiary/aromatic N) is 4. The summed E-state index contributed by atoms with van der Waals surface area (Å²) in [5, 5.41) is 13.6. The van der Waals surface area contributed by atoms with Gasteiger partial charge in [0.1, 0.15) is 23.9 Å². The number of anilines is 1. The fourth-order valence-corrected chi connectivity index (χ4v) is 4.38. The monoisotopic (exact) mass is 532 g/mol. The molecule has 194 valence electrons. The van der Waals surface area contributed by atoms with E-state index in [2.05, 4.69) is 5.10 Å². The predicted molar refractivity (Wildman–Crippen MR) is 122 cm³/mol. The lowest BCUT2D eigenvalue weighted by Crippen LogP contribution is -2.32. The van der Waals surface area contributed by atoms with Crippen molar-refractivity contribution in [2.24, 2.45) is 0 Å². The van der Waals surface area contributed by atoms with E-state index < -0.39 is 41.9 Å². The Morgan fingerprint density at radius 3 is 2.58 bits per heavy atom. The lowest BCUT2D eigenvalue weighted by molar-refractivity contribution is -0.189. The number of hydrogen-bond acceptors (Lipinski definition) is 5. The number of benzene rings is 2. The van der Waals surface area contributed by atoms with Crippen molar-refractivity contribution in [3.63, 3.8) is 0 Å². The smallest absolute Gasteiger partial charge is 0.425 e. The number of aliphatic hydroxyl groups excluding tert-OH is 1. The van der Waals surface area contributed by atoms with E-state index in [9.17, 15) is 27.5 Å². The third-order valence-corrected chi connectivity index (χ3v) is 6.38. The highest BCUT2D eigenvalue weighted by atomic mass is 35.5. The molecule has 0 unspecified atom stereocenters. The summed E-state index contributed by atoms with van der Waals surface area (Å²) in [5.41, 5.74) is -1.10. The Morgan fingerprint density at radius 2 is 2.00 bits per heavy atom. The molecule has 2 aromatic carbocycles. The zero-order chi connectivity index (χ0) is 26.4. The van der Waals surface area contributed by atoms with Gasteiger partial charge in [-0.25, -0.2) is 13.6 Å². The maximum atomic E-state index is 15.7. The van der Waals surface area contributed by atoms with E-state index in [-0.39, 0.29) is 59.5 Å². The standard InChI is InChI=1S/C23H22ClF5N4O3/c1-3-32-19(11-34)30-33(22(32)35)17-9-18(36-12(2)23(27,28)29)21-13(20(17)26)7-8-31(21)10-14-15(24)5-4-6-16(14)25/h4-6,9,12,34H,3,7-8,10-11H2,1-2H3/t12-/m0/s1. The first-order valence-electron chi connectivity index (χ1n) is 11.0. The first kappa shape index (κ1) is 26.0. The first-order valence-corrected chi connectivity index (χ1v) is 11.4. The Kier molecular flexibility index (Phi) is 7.02. The van der Waals surface area contributed by atoms with Gasteiger partial charge in [-0.2, -0.15) is 17.9 Å². The number of rotatable bonds is 7. The van der Waals surface area contributed by atoms with Gasteiger partial charge in [-0.3, -0.25) is 4.57 Å². The van der Waals surface area contributed by atoms with Crippen LogP contribution < -0.4 is 15.3 Å². The summed E-state index contributed by atoms with van der Waals surface area (Å²) < 4.78 is 77.3. The average Bonchev–Trinajstić information content (AvgIpc) is 3.38. The van der Waals surface area contributed by atoms with Crippen LogP contribution in [0.15, 0.2) is 29.1 Å². The van der Waals surface area contributed by atoms with Crippen molar-refractivity contribution in [1.82, 2.24) is 14.3 Å². The summed E-state index contributed by atoms with van der Waals surface area (Å²) in [7, 11) is 0. The quantitative estimate of drug-likeness (QED) is 0.458. The number of fused-ring (bicyclic) bond motifs is 1. The van der Waals surface area contributed by atoms with Crippen molar-refractivity contribution in [1.29, 1.82) is 0 Å².